The van der Waals surface area contributed by atoms with Crippen LogP contribution in [0.15, 0.2) is 29.8 Å². The first-order valence-corrected chi connectivity index (χ1v) is 5.94. The molecule has 0 fully saturated rings. The first-order valence-electron chi connectivity index (χ1n) is 5.06. The van der Waals surface area contributed by atoms with Crippen LogP contribution in [-0.4, -0.2) is 19.1 Å². The van der Waals surface area contributed by atoms with Gasteiger partial charge in [0.05, 0.1) is 23.2 Å². The van der Waals surface area contributed by atoms with E-state index in [1.54, 1.807) is 18.4 Å². The summed E-state index contributed by atoms with van der Waals surface area (Å²) < 4.78 is 5.14. The van der Waals surface area contributed by atoms with E-state index in [9.17, 15) is 0 Å². The molecule has 1 aromatic heterocycles. The zero-order valence-corrected chi connectivity index (χ0v) is 10.2. The second-order valence-corrected chi connectivity index (χ2v) is 4.24. The van der Waals surface area contributed by atoms with Crippen LogP contribution < -0.4 is 10.1 Å². The molecule has 4 heteroatoms. The summed E-state index contributed by atoms with van der Waals surface area (Å²) in [5, 5.41) is 3.12. The second-order valence-electron chi connectivity index (χ2n) is 3.39. The minimum atomic E-state index is 0.796. The van der Waals surface area contributed by atoms with Crippen LogP contribution in [0.25, 0.3) is 10.4 Å². The maximum Gasteiger partial charge on any atom is 0.118 e. The molecule has 0 amide bonds. The smallest absolute Gasteiger partial charge is 0.118 e. The van der Waals surface area contributed by atoms with Gasteiger partial charge in [0.15, 0.2) is 0 Å². The van der Waals surface area contributed by atoms with Crippen molar-refractivity contribution in [1.29, 1.82) is 0 Å². The molecule has 1 aromatic carbocycles. The van der Waals surface area contributed by atoms with E-state index in [0.29, 0.717) is 0 Å². The molecule has 0 spiro atoms. The quantitative estimate of drug-likeness (QED) is 0.882. The average molecular weight is 234 g/mol. The van der Waals surface area contributed by atoms with Crippen molar-refractivity contribution in [3.8, 4) is 16.2 Å². The van der Waals surface area contributed by atoms with Gasteiger partial charge < -0.3 is 10.1 Å². The average Bonchev–Trinajstić information content (AvgIpc) is 2.78. The molecule has 0 saturated carbocycles. The zero-order chi connectivity index (χ0) is 11.4. The SMILES string of the molecule is CNCc1ncsc1-c1ccc(OC)cc1. The molecule has 0 atom stereocenters. The first kappa shape index (κ1) is 11.1. The van der Waals surface area contributed by atoms with E-state index in [1.807, 2.05) is 24.7 Å². The van der Waals surface area contributed by atoms with Crippen molar-refractivity contribution >= 4 is 11.3 Å². The zero-order valence-electron chi connectivity index (χ0n) is 9.36. The van der Waals surface area contributed by atoms with Gasteiger partial charge in [-0.05, 0) is 36.9 Å². The number of methoxy groups -OCH3 is 1. The summed E-state index contributed by atoms with van der Waals surface area (Å²) >= 11 is 1.66. The fourth-order valence-electron chi connectivity index (χ4n) is 1.54. The number of benzene rings is 1. The highest BCUT2D eigenvalue weighted by Gasteiger charge is 2.07. The molecular formula is C12H14N2OS. The van der Waals surface area contributed by atoms with E-state index < -0.39 is 0 Å². The summed E-state index contributed by atoms with van der Waals surface area (Å²) in [5.74, 6) is 0.878. The second kappa shape index (κ2) is 5.09. The van der Waals surface area contributed by atoms with E-state index in [4.69, 9.17) is 4.74 Å². The van der Waals surface area contributed by atoms with E-state index in [2.05, 4.69) is 22.4 Å². The van der Waals surface area contributed by atoms with Crippen molar-refractivity contribution < 1.29 is 4.74 Å². The van der Waals surface area contributed by atoms with Gasteiger partial charge in [-0.1, -0.05) is 0 Å². The van der Waals surface area contributed by atoms with Crippen molar-refractivity contribution in [1.82, 2.24) is 10.3 Å². The molecule has 16 heavy (non-hydrogen) atoms. The minimum absolute atomic E-state index is 0.796. The lowest BCUT2D eigenvalue weighted by molar-refractivity contribution is 0.415. The lowest BCUT2D eigenvalue weighted by Gasteiger charge is -2.03. The normalized spacial score (nSPS) is 10.4. The number of rotatable bonds is 4. The third-order valence-corrected chi connectivity index (χ3v) is 3.26. The van der Waals surface area contributed by atoms with Crippen molar-refractivity contribution in [2.24, 2.45) is 0 Å². The number of aromatic nitrogens is 1. The van der Waals surface area contributed by atoms with Gasteiger partial charge in [0.2, 0.25) is 0 Å². The van der Waals surface area contributed by atoms with Gasteiger partial charge in [-0.25, -0.2) is 4.98 Å². The first-order chi connectivity index (χ1) is 7.85. The largest absolute Gasteiger partial charge is 0.497 e. The maximum absolute atomic E-state index is 5.14. The van der Waals surface area contributed by atoms with Crippen LogP contribution in [0, 0.1) is 0 Å². The Hall–Kier alpha value is -1.39. The Bertz CT molecular complexity index is 450. The Morgan fingerprint density at radius 1 is 1.31 bits per heavy atom. The van der Waals surface area contributed by atoms with Crippen molar-refractivity contribution in [2.45, 2.75) is 6.54 Å². The Morgan fingerprint density at radius 2 is 2.06 bits per heavy atom. The predicted octanol–water partition coefficient (Wildman–Crippen LogP) is 2.54. The van der Waals surface area contributed by atoms with Gasteiger partial charge in [-0.3, -0.25) is 0 Å². The molecule has 0 bridgehead atoms. The van der Waals surface area contributed by atoms with Gasteiger partial charge >= 0.3 is 0 Å². The maximum atomic E-state index is 5.14. The van der Waals surface area contributed by atoms with Crippen LogP contribution in [0.4, 0.5) is 0 Å². The predicted molar refractivity (Wildman–Crippen MR) is 66.9 cm³/mol. The standard InChI is InChI=1S/C12H14N2OS/c1-13-7-11-12(16-8-14-11)9-3-5-10(15-2)6-4-9/h3-6,8,13H,7H2,1-2H3. The highest BCUT2D eigenvalue weighted by molar-refractivity contribution is 7.13. The van der Waals surface area contributed by atoms with E-state index in [-0.39, 0.29) is 0 Å². The number of hydrogen-bond donors (Lipinski definition) is 1. The van der Waals surface area contributed by atoms with Crippen molar-refractivity contribution in [3.05, 3.63) is 35.5 Å². The third-order valence-electron chi connectivity index (χ3n) is 2.34. The fourth-order valence-corrected chi connectivity index (χ4v) is 2.36. The molecule has 3 nitrogen and oxygen atoms in total. The number of hydrogen-bond acceptors (Lipinski definition) is 4. The van der Waals surface area contributed by atoms with Gasteiger partial charge in [0, 0.05) is 6.54 Å². The molecule has 0 aliphatic rings. The summed E-state index contributed by atoms with van der Waals surface area (Å²) in [4.78, 5) is 5.57. The molecule has 0 saturated heterocycles. The summed E-state index contributed by atoms with van der Waals surface area (Å²) in [6.07, 6.45) is 0. The Morgan fingerprint density at radius 3 is 2.69 bits per heavy atom. The molecular weight excluding hydrogens is 220 g/mol. The molecule has 0 radical (unpaired) electrons. The molecule has 84 valence electrons. The highest BCUT2D eigenvalue weighted by atomic mass is 32.1. The van der Waals surface area contributed by atoms with Crippen LogP contribution in [0.5, 0.6) is 5.75 Å². The molecule has 0 unspecified atom stereocenters. The Balaban J connectivity index is 2.31. The van der Waals surface area contributed by atoms with Crippen LogP contribution in [0.1, 0.15) is 5.69 Å². The molecule has 2 aromatic rings. The Kier molecular flexibility index (Phi) is 3.54. The van der Waals surface area contributed by atoms with Gasteiger partial charge in [-0.2, -0.15) is 0 Å². The van der Waals surface area contributed by atoms with Gasteiger partial charge in [0.1, 0.15) is 5.75 Å². The van der Waals surface area contributed by atoms with E-state index in [0.717, 1.165) is 18.0 Å². The highest BCUT2D eigenvalue weighted by Crippen LogP contribution is 2.28. The van der Waals surface area contributed by atoms with Crippen LogP contribution in [-0.2, 0) is 6.54 Å². The topological polar surface area (TPSA) is 34.2 Å². The van der Waals surface area contributed by atoms with Crippen LogP contribution >= 0.6 is 11.3 Å². The number of nitrogens with zero attached hydrogens (tertiary/aromatic N) is 1. The summed E-state index contributed by atoms with van der Waals surface area (Å²) in [6.45, 7) is 0.796. The number of nitrogens with one attached hydrogen (secondary N) is 1. The molecule has 0 aliphatic carbocycles. The van der Waals surface area contributed by atoms with Gasteiger partial charge in [-0.15, -0.1) is 11.3 Å². The summed E-state index contributed by atoms with van der Waals surface area (Å²) in [6, 6.07) is 8.06. The third kappa shape index (κ3) is 2.23. The molecule has 0 aliphatic heterocycles. The van der Waals surface area contributed by atoms with Crippen molar-refractivity contribution in [3.63, 3.8) is 0 Å². The Labute approximate surface area is 99.1 Å². The lowest BCUT2D eigenvalue weighted by Crippen LogP contribution is -2.06. The molecule has 2 rings (SSSR count). The summed E-state index contributed by atoms with van der Waals surface area (Å²) in [5.41, 5.74) is 4.16. The number of thiazole rings is 1. The van der Waals surface area contributed by atoms with Crippen LogP contribution in [0.3, 0.4) is 0 Å². The van der Waals surface area contributed by atoms with E-state index >= 15 is 0 Å². The molecule has 1 heterocycles. The van der Waals surface area contributed by atoms with Crippen molar-refractivity contribution in [2.75, 3.05) is 14.2 Å². The van der Waals surface area contributed by atoms with Gasteiger partial charge in [0.25, 0.3) is 0 Å². The fraction of sp³-hybridized carbons (Fsp3) is 0.250. The van der Waals surface area contributed by atoms with Crippen LogP contribution in [0.2, 0.25) is 0 Å². The van der Waals surface area contributed by atoms with E-state index in [1.165, 1.54) is 10.4 Å². The summed E-state index contributed by atoms with van der Waals surface area (Å²) in [7, 11) is 3.60. The monoisotopic (exact) mass is 234 g/mol. The molecule has 1 N–H and O–H groups in total. The lowest BCUT2D eigenvalue weighted by atomic mass is 10.1. The minimum Gasteiger partial charge on any atom is -0.497 e. The number of ether oxygens (including phenoxy) is 1.